The zero-order chi connectivity index (χ0) is 13.0. The van der Waals surface area contributed by atoms with Crippen LogP contribution >= 0.6 is 15.9 Å². The lowest BCUT2D eigenvalue weighted by Crippen LogP contribution is -2.25. The fourth-order valence-corrected chi connectivity index (χ4v) is 1.81. The van der Waals surface area contributed by atoms with Crippen LogP contribution in [0.1, 0.15) is 18.1 Å². The molecule has 2 unspecified atom stereocenters. The molecule has 0 saturated carbocycles. The van der Waals surface area contributed by atoms with E-state index in [1.54, 1.807) is 18.2 Å². The molecule has 0 fully saturated rings. The van der Waals surface area contributed by atoms with Crippen LogP contribution in [0.5, 0.6) is 5.75 Å². The number of benzene rings is 1. The van der Waals surface area contributed by atoms with Gasteiger partial charge in [0.1, 0.15) is 11.9 Å². The molecule has 17 heavy (non-hydrogen) atoms. The zero-order valence-corrected chi connectivity index (χ0v) is 10.8. The highest BCUT2D eigenvalue weighted by Gasteiger charge is 2.21. The Morgan fingerprint density at radius 1 is 1.53 bits per heavy atom. The lowest BCUT2D eigenvalue weighted by atomic mass is 10.0. The molecule has 94 valence electrons. The Kier molecular flexibility index (Phi) is 4.92. The van der Waals surface area contributed by atoms with Crippen molar-refractivity contribution < 1.29 is 19.7 Å². The fourth-order valence-electron chi connectivity index (χ4n) is 1.40. The maximum Gasteiger partial charge on any atom is 0.220 e. The van der Waals surface area contributed by atoms with Crippen molar-refractivity contribution in [2.75, 3.05) is 7.11 Å². The molecule has 1 rings (SSSR count). The second kappa shape index (κ2) is 6.00. The summed E-state index contributed by atoms with van der Waals surface area (Å²) in [5.41, 5.74) is 5.40. The quantitative estimate of drug-likeness (QED) is 0.747. The van der Waals surface area contributed by atoms with Crippen molar-refractivity contribution in [1.29, 1.82) is 0 Å². The van der Waals surface area contributed by atoms with Crippen LogP contribution < -0.4 is 10.5 Å². The molecule has 0 aliphatic rings. The minimum absolute atomic E-state index is 0.292. The van der Waals surface area contributed by atoms with E-state index in [0.29, 0.717) is 11.3 Å². The lowest BCUT2D eigenvalue weighted by molar-refractivity contribution is -0.121. The van der Waals surface area contributed by atoms with Crippen molar-refractivity contribution in [1.82, 2.24) is 0 Å². The topological polar surface area (TPSA) is 92.8 Å². The van der Waals surface area contributed by atoms with Gasteiger partial charge in [0.2, 0.25) is 5.91 Å². The van der Waals surface area contributed by atoms with Gasteiger partial charge in [0.25, 0.3) is 0 Å². The van der Waals surface area contributed by atoms with E-state index >= 15 is 0 Å². The van der Waals surface area contributed by atoms with E-state index in [1.807, 2.05) is 0 Å². The van der Waals surface area contributed by atoms with E-state index in [0.717, 1.165) is 4.47 Å². The summed E-state index contributed by atoms with van der Waals surface area (Å²) in [7, 11) is 1.50. The molecule has 1 amide bonds. The number of carbonyl (C=O) groups is 1. The number of hydrogen-bond donors (Lipinski definition) is 3. The second-order valence-electron chi connectivity index (χ2n) is 3.58. The molecule has 0 aliphatic carbocycles. The predicted molar refractivity (Wildman–Crippen MR) is 65.5 cm³/mol. The van der Waals surface area contributed by atoms with Gasteiger partial charge in [0, 0.05) is 0 Å². The molecule has 1 aromatic rings. The second-order valence-corrected chi connectivity index (χ2v) is 4.43. The lowest BCUT2D eigenvalue weighted by Gasteiger charge is -2.17. The van der Waals surface area contributed by atoms with Crippen LogP contribution in [0, 0.1) is 0 Å². The number of amides is 1. The van der Waals surface area contributed by atoms with Crippen LogP contribution in [0.3, 0.4) is 0 Å². The highest BCUT2D eigenvalue weighted by molar-refractivity contribution is 9.10. The number of methoxy groups -OCH3 is 1. The Balaban J connectivity index is 2.88. The van der Waals surface area contributed by atoms with Gasteiger partial charge in [-0.1, -0.05) is 6.07 Å². The molecule has 4 N–H and O–H groups in total. The van der Waals surface area contributed by atoms with Crippen LogP contribution in [0.25, 0.3) is 0 Å². The molecule has 0 aromatic heterocycles. The number of aliphatic hydroxyl groups excluding tert-OH is 2. The largest absolute Gasteiger partial charge is 0.496 e. The summed E-state index contributed by atoms with van der Waals surface area (Å²) in [5.74, 6) is -0.131. The predicted octanol–water partition coefficient (Wildman–Crippen LogP) is 0.727. The monoisotopic (exact) mass is 303 g/mol. The number of aliphatic hydroxyl groups is 2. The molecule has 0 radical (unpaired) electrons. The summed E-state index contributed by atoms with van der Waals surface area (Å²) >= 11 is 3.27. The standard InChI is InChI=1S/C11H14BrNO4/c1-17-9-4-6(2-3-7(9)12)11(16)8(14)5-10(13)15/h2-4,8,11,14,16H,5H2,1H3,(H2,13,15). The maximum absolute atomic E-state index is 10.6. The van der Waals surface area contributed by atoms with Crippen LogP contribution in [0.2, 0.25) is 0 Å². The Morgan fingerprint density at radius 2 is 2.18 bits per heavy atom. The van der Waals surface area contributed by atoms with Crippen LogP contribution in [-0.2, 0) is 4.79 Å². The van der Waals surface area contributed by atoms with E-state index in [1.165, 1.54) is 7.11 Å². The number of halogens is 1. The summed E-state index contributed by atoms with van der Waals surface area (Å²) in [6.45, 7) is 0. The van der Waals surface area contributed by atoms with Gasteiger partial charge in [-0.15, -0.1) is 0 Å². The Morgan fingerprint density at radius 3 is 2.71 bits per heavy atom. The average Bonchev–Trinajstić information content (AvgIpc) is 2.27. The van der Waals surface area contributed by atoms with Crippen molar-refractivity contribution in [3.63, 3.8) is 0 Å². The van der Waals surface area contributed by atoms with Crippen molar-refractivity contribution in [2.24, 2.45) is 5.73 Å². The number of hydrogen-bond acceptors (Lipinski definition) is 4. The molecule has 0 bridgehead atoms. The number of rotatable bonds is 5. The van der Waals surface area contributed by atoms with Crippen molar-refractivity contribution >= 4 is 21.8 Å². The first-order valence-electron chi connectivity index (χ1n) is 4.93. The summed E-state index contributed by atoms with van der Waals surface area (Å²) in [5, 5.41) is 19.4. The van der Waals surface area contributed by atoms with Crippen LogP contribution in [0.4, 0.5) is 0 Å². The number of carbonyl (C=O) groups excluding carboxylic acids is 1. The smallest absolute Gasteiger partial charge is 0.220 e. The summed E-state index contributed by atoms with van der Waals surface area (Å²) in [6.07, 6.45) is -2.69. The molecule has 0 aliphatic heterocycles. The van der Waals surface area contributed by atoms with E-state index in [2.05, 4.69) is 15.9 Å². The minimum Gasteiger partial charge on any atom is -0.496 e. The number of ether oxygens (including phenoxy) is 1. The first-order valence-corrected chi connectivity index (χ1v) is 5.73. The summed E-state index contributed by atoms with van der Waals surface area (Å²) in [4.78, 5) is 10.6. The van der Waals surface area contributed by atoms with Crippen LogP contribution in [0.15, 0.2) is 22.7 Å². The molecule has 0 saturated heterocycles. The van der Waals surface area contributed by atoms with Gasteiger partial charge >= 0.3 is 0 Å². The first kappa shape index (κ1) is 14.0. The molecule has 5 nitrogen and oxygen atoms in total. The summed E-state index contributed by atoms with van der Waals surface area (Å²) < 4.78 is 5.80. The van der Waals surface area contributed by atoms with Gasteiger partial charge in [0.05, 0.1) is 24.1 Å². The third-order valence-corrected chi connectivity index (χ3v) is 2.95. The van der Waals surface area contributed by atoms with Crippen LogP contribution in [-0.4, -0.2) is 29.3 Å². The zero-order valence-electron chi connectivity index (χ0n) is 9.26. The van der Waals surface area contributed by atoms with E-state index < -0.39 is 18.1 Å². The van der Waals surface area contributed by atoms with Gasteiger partial charge in [-0.3, -0.25) is 4.79 Å². The maximum atomic E-state index is 10.6. The van der Waals surface area contributed by atoms with Gasteiger partial charge in [-0.2, -0.15) is 0 Å². The molecular formula is C11H14BrNO4. The Labute approximate surface area is 107 Å². The van der Waals surface area contributed by atoms with Gasteiger partial charge < -0.3 is 20.7 Å². The Hall–Kier alpha value is -1.11. The number of nitrogens with two attached hydrogens (primary N) is 1. The van der Waals surface area contributed by atoms with E-state index in [-0.39, 0.29) is 6.42 Å². The Bertz CT molecular complexity index is 410. The fraction of sp³-hybridized carbons (Fsp3) is 0.364. The van der Waals surface area contributed by atoms with Crippen molar-refractivity contribution in [2.45, 2.75) is 18.6 Å². The number of primary amides is 1. The third-order valence-electron chi connectivity index (χ3n) is 2.29. The summed E-state index contributed by atoms with van der Waals surface area (Å²) in [6, 6.07) is 4.90. The van der Waals surface area contributed by atoms with E-state index in [9.17, 15) is 15.0 Å². The normalized spacial score (nSPS) is 14.1. The van der Waals surface area contributed by atoms with Gasteiger partial charge in [-0.05, 0) is 33.6 Å². The molecular weight excluding hydrogens is 290 g/mol. The molecule has 1 aromatic carbocycles. The van der Waals surface area contributed by atoms with Gasteiger partial charge in [0.15, 0.2) is 0 Å². The molecule has 0 spiro atoms. The SMILES string of the molecule is COc1cc(C(O)C(O)CC(N)=O)ccc1Br. The van der Waals surface area contributed by atoms with Crippen molar-refractivity contribution in [3.8, 4) is 5.75 Å². The average molecular weight is 304 g/mol. The minimum atomic E-state index is -1.22. The highest BCUT2D eigenvalue weighted by atomic mass is 79.9. The first-order chi connectivity index (χ1) is 7.95. The molecule has 2 atom stereocenters. The van der Waals surface area contributed by atoms with E-state index in [4.69, 9.17) is 10.5 Å². The molecule has 0 heterocycles. The van der Waals surface area contributed by atoms with Crippen molar-refractivity contribution in [3.05, 3.63) is 28.2 Å². The highest BCUT2D eigenvalue weighted by Crippen LogP contribution is 2.29. The third kappa shape index (κ3) is 3.69. The van der Waals surface area contributed by atoms with Gasteiger partial charge in [-0.25, -0.2) is 0 Å². The molecule has 6 heteroatoms.